The Morgan fingerprint density at radius 2 is 1.67 bits per heavy atom. The number of nitrogens with zero attached hydrogens (tertiary/aromatic N) is 2. The van der Waals surface area contributed by atoms with Gasteiger partial charge in [0.2, 0.25) is 11.7 Å². The normalized spacial score (nSPS) is 11.5. The van der Waals surface area contributed by atoms with Crippen molar-refractivity contribution in [3.05, 3.63) is 70.0 Å². The van der Waals surface area contributed by atoms with E-state index in [0.717, 1.165) is 11.1 Å². The van der Waals surface area contributed by atoms with Gasteiger partial charge in [-0.3, -0.25) is 9.59 Å². The number of carbonyl (C=O) groups is 1. The summed E-state index contributed by atoms with van der Waals surface area (Å²) >= 11 is 1.28. The third-order valence-electron chi connectivity index (χ3n) is 4.91. The fraction of sp³-hybridized carbons (Fsp3) is 0.292. The molecule has 1 N–H and O–H groups in total. The van der Waals surface area contributed by atoms with Crippen molar-refractivity contribution < 1.29 is 19.0 Å². The lowest BCUT2D eigenvalue weighted by Gasteiger charge is -2.16. The molecule has 0 saturated carbocycles. The molecular weight excluding hydrogens is 442 g/mol. The van der Waals surface area contributed by atoms with Crippen LogP contribution in [-0.2, 0) is 11.3 Å². The van der Waals surface area contributed by atoms with Crippen LogP contribution in [0.2, 0.25) is 0 Å². The molecule has 2 aromatic carbocycles. The van der Waals surface area contributed by atoms with Crippen molar-refractivity contribution in [2.75, 3.05) is 21.3 Å². The average molecular weight is 470 g/mol. The summed E-state index contributed by atoms with van der Waals surface area (Å²) in [5.41, 5.74) is 2.34. The van der Waals surface area contributed by atoms with Crippen LogP contribution in [0.1, 0.15) is 18.1 Å². The van der Waals surface area contributed by atoms with Crippen molar-refractivity contribution in [2.45, 2.75) is 30.7 Å². The summed E-state index contributed by atoms with van der Waals surface area (Å²) in [7, 11) is 4.62. The number of rotatable bonds is 9. The van der Waals surface area contributed by atoms with Gasteiger partial charge in [0.15, 0.2) is 11.5 Å². The molecular formula is C24H27N3O5S. The first-order valence-corrected chi connectivity index (χ1v) is 11.1. The van der Waals surface area contributed by atoms with E-state index in [1.807, 2.05) is 31.2 Å². The number of benzene rings is 2. The van der Waals surface area contributed by atoms with Crippen molar-refractivity contribution >= 4 is 17.7 Å². The summed E-state index contributed by atoms with van der Waals surface area (Å²) in [5.74, 6) is 1.37. The summed E-state index contributed by atoms with van der Waals surface area (Å²) in [6, 6.07) is 14.2. The molecule has 1 heterocycles. The average Bonchev–Trinajstić information content (AvgIpc) is 2.83. The number of methoxy groups -OCH3 is 3. The Balaban J connectivity index is 1.69. The molecule has 3 rings (SSSR count). The lowest BCUT2D eigenvalue weighted by atomic mass is 10.1. The largest absolute Gasteiger partial charge is 0.493 e. The van der Waals surface area contributed by atoms with E-state index in [-0.39, 0.29) is 18.0 Å². The highest BCUT2D eigenvalue weighted by atomic mass is 32.2. The molecule has 0 radical (unpaired) electrons. The minimum Gasteiger partial charge on any atom is -0.493 e. The Hall–Kier alpha value is -3.46. The Morgan fingerprint density at radius 1 is 1.03 bits per heavy atom. The quantitative estimate of drug-likeness (QED) is 0.481. The van der Waals surface area contributed by atoms with Gasteiger partial charge in [-0.25, -0.2) is 0 Å². The summed E-state index contributed by atoms with van der Waals surface area (Å²) in [6.45, 7) is 4.06. The third kappa shape index (κ3) is 5.87. The van der Waals surface area contributed by atoms with E-state index in [4.69, 9.17) is 14.2 Å². The second kappa shape index (κ2) is 10.9. The number of thioether (sulfide) groups is 1. The highest BCUT2D eigenvalue weighted by Gasteiger charge is 2.18. The van der Waals surface area contributed by atoms with Gasteiger partial charge in [-0.05, 0) is 49.7 Å². The van der Waals surface area contributed by atoms with Crippen molar-refractivity contribution in [3.8, 4) is 22.9 Å². The van der Waals surface area contributed by atoms with Crippen LogP contribution < -0.4 is 25.1 Å². The van der Waals surface area contributed by atoms with E-state index < -0.39 is 5.25 Å². The highest BCUT2D eigenvalue weighted by Crippen LogP contribution is 2.38. The molecule has 0 bridgehead atoms. The molecule has 1 aromatic heterocycles. The first-order chi connectivity index (χ1) is 15.9. The highest BCUT2D eigenvalue weighted by molar-refractivity contribution is 8.00. The van der Waals surface area contributed by atoms with E-state index >= 15 is 0 Å². The van der Waals surface area contributed by atoms with Crippen LogP contribution in [0.5, 0.6) is 17.2 Å². The van der Waals surface area contributed by atoms with Crippen molar-refractivity contribution in [1.29, 1.82) is 0 Å². The Kier molecular flexibility index (Phi) is 8.00. The van der Waals surface area contributed by atoms with E-state index in [1.54, 1.807) is 39.3 Å². The second-order valence-electron chi connectivity index (χ2n) is 7.27. The third-order valence-corrected chi connectivity index (χ3v) is 5.94. The molecule has 0 spiro atoms. The summed E-state index contributed by atoms with van der Waals surface area (Å²) < 4.78 is 17.4. The number of aryl methyl sites for hydroxylation is 1. The predicted molar refractivity (Wildman–Crippen MR) is 128 cm³/mol. The number of hydrogen-bond acceptors (Lipinski definition) is 7. The van der Waals surface area contributed by atoms with E-state index in [1.165, 1.54) is 29.6 Å². The fourth-order valence-electron chi connectivity index (χ4n) is 3.13. The van der Waals surface area contributed by atoms with Gasteiger partial charge >= 0.3 is 0 Å². The van der Waals surface area contributed by atoms with Crippen LogP contribution in [0.15, 0.2) is 58.4 Å². The summed E-state index contributed by atoms with van der Waals surface area (Å²) in [5, 5.41) is 7.48. The lowest BCUT2D eigenvalue weighted by Crippen LogP contribution is -2.30. The van der Waals surface area contributed by atoms with E-state index in [9.17, 15) is 9.59 Å². The molecule has 1 atom stereocenters. The molecule has 0 aliphatic carbocycles. The van der Waals surface area contributed by atoms with Gasteiger partial charge in [-0.15, -0.1) is 0 Å². The van der Waals surface area contributed by atoms with E-state index in [0.29, 0.717) is 28.0 Å². The van der Waals surface area contributed by atoms with Crippen molar-refractivity contribution in [2.24, 2.45) is 0 Å². The van der Waals surface area contributed by atoms with Crippen LogP contribution in [-0.4, -0.2) is 42.3 Å². The first-order valence-electron chi connectivity index (χ1n) is 10.3. The van der Waals surface area contributed by atoms with Crippen LogP contribution in [0, 0.1) is 6.92 Å². The van der Waals surface area contributed by atoms with Gasteiger partial charge in [-0.1, -0.05) is 29.5 Å². The zero-order valence-corrected chi connectivity index (χ0v) is 20.1. The van der Waals surface area contributed by atoms with Crippen LogP contribution in [0.4, 0.5) is 0 Å². The number of ether oxygens (including phenoxy) is 3. The van der Waals surface area contributed by atoms with Crippen LogP contribution >= 0.6 is 11.8 Å². The van der Waals surface area contributed by atoms with Gasteiger partial charge in [0.1, 0.15) is 5.03 Å². The number of aromatic nitrogens is 2. The molecule has 0 aliphatic rings. The van der Waals surface area contributed by atoms with Gasteiger partial charge in [0.25, 0.3) is 5.56 Å². The predicted octanol–water partition coefficient (Wildman–Crippen LogP) is 3.36. The molecule has 1 amide bonds. The lowest BCUT2D eigenvalue weighted by molar-refractivity contribution is -0.120. The molecule has 0 unspecified atom stereocenters. The number of carbonyl (C=O) groups excluding carboxylic acids is 1. The molecule has 9 heteroatoms. The van der Waals surface area contributed by atoms with Gasteiger partial charge < -0.3 is 19.5 Å². The molecule has 0 aliphatic heterocycles. The molecule has 3 aromatic rings. The number of nitrogens with one attached hydrogen (secondary N) is 1. The maximum Gasteiger partial charge on any atom is 0.271 e. The zero-order valence-electron chi connectivity index (χ0n) is 19.2. The topological polar surface area (TPSA) is 91.7 Å². The maximum atomic E-state index is 12.7. The Labute approximate surface area is 196 Å². The zero-order chi connectivity index (χ0) is 24.0. The smallest absolute Gasteiger partial charge is 0.271 e. The monoisotopic (exact) mass is 469 g/mol. The summed E-state index contributed by atoms with van der Waals surface area (Å²) in [6.07, 6.45) is 0. The van der Waals surface area contributed by atoms with Crippen molar-refractivity contribution in [3.63, 3.8) is 0 Å². The minimum absolute atomic E-state index is 0.163. The van der Waals surface area contributed by atoms with Gasteiger partial charge in [0, 0.05) is 12.6 Å². The molecule has 0 saturated heterocycles. The SMILES string of the molecule is COc1cc(CNC(=O)[C@@H](C)Sc2ccc(=O)n(-c3ccc(C)cc3)n2)cc(OC)c1OC. The molecule has 8 nitrogen and oxygen atoms in total. The Morgan fingerprint density at radius 3 is 2.24 bits per heavy atom. The van der Waals surface area contributed by atoms with Gasteiger partial charge in [-0.2, -0.15) is 9.78 Å². The minimum atomic E-state index is -0.427. The maximum absolute atomic E-state index is 12.7. The second-order valence-corrected chi connectivity index (χ2v) is 8.63. The van der Waals surface area contributed by atoms with Crippen LogP contribution in [0.25, 0.3) is 5.69 Å². The summed E-state index contributed by atoms with van der Waals surface area (Å²) in [4.78, 5) is 25.0. The standard InChI is InChI=1S/C24H27N3O5S/c1-15-6-8-18(9-7-15)27-22(28)11-10-21(26-27)33-16(2)24(29)25-14-17-12-19(30-3)23(32-5)20(13-17)31-4/h6-13,16H,14H2,1-5H3,(H,25,29)/t16-/m1/s1. The van der Waals surface area contributed by atoms with E-state index in [2.05, 4.69) is 10.4 Å². The number of hydrogen-bond donors (Lipinski definition) is 1. The molecule has 174 valence electrons. The Bertz CT molecular complexity index is 1150. The first kappa shape index (κ1) is 24.2. The molecule has 33 heavy (non-hydrogen) atoms. The van der Waals surface area contributed by atoms with Crippen molar-refractivity contribution in [1.82, 2.24) is 15.1 Å². The fourth-order valence-corrected chi connectivity index (χ4v) is 3.96. The number of amides is 1. The molecule has 0 fully saturated rings. The van der Waals surface area contributed by atoms with Gasteiger partial charge in [0.05, 0.1) is 32.3 Å². The van der Waals surface area contributed by atoms with Crippen LogP contribution in [0.3, 0.4) is 0 Å².